The first-order chi connectivity index (χ1) is 14.3. The van der Waals surface area contributed by atoms with Gasteiger partial charge in [-0.1, -0.05) is 30.1 Å². The van der Waals surface area contributed by atoms with Crippen LogP contribution in [0.4, 0.5) is 0 Å². The van der Waals surface area contributed by atoms with Crippen LogP contribution in [0.5, 0.6) is 11.5 Å². The molecule has 0 aliphatic rings. The van der Waals surface area contributed by atoms with Crippen molar-refractivity contribution in [3.63, 3.8) is 0 Å². The summed E-state index contributed by atoms with van der Waals surface area (Å²) < 4.78 is 11.5. The topological polar surface area (TPSA) is 88.7 Å². The van der Waals surface area contributed by atoms with E-state index < -0.39 is 11.8 Å². The quantitative estimate of drug-likeness (QED) is 0.363. The molecule has 2 rings (SSSR count). The highest BCUT2D eigenvalue weighted by Gasteiger charge is 2.12. The predicted molar refractivity (Wildman–Crippen MR) is 123 cm³/mol. The van der Waals surface area contributed by atoms with Crippen LogP contribution in [0.1, 0.15) is 23.7 Å². The van der Waals surface area contributed by atoms with Gasteiger partial charge in [0.2, 0.25) is 0 Å². The van der Waals surface area contributed by atoms with Gasteiger partial charge in [-0.25, -0.2) is 0 Å². The van der Waals surface area contributed by atoms with Crippen molar-refractivity contribution < 1.29 is 19.1 Å². The lowest BCUT2D eigenvalue weighted by atomic mass is 10.2. The summed E-state index contributed by atoms with van der Waals surface area (Å²) in [6.07, 6.45) is 0.873. The summed E-state index contributed by atoms with van der Waals surface area (Å²) in [5.74, 6) is -0.0299. The first-order valence-electron chi connectivity index (χ1n) is 8.70. The van der Waals surface area contributed by atoms with Crippen LogP contribution in [-0.2, 0) is 4.79 Å². The second-order valence-electron chi connectivity index (χ2n) is 5.81. The lowest BCUT2D eigenvalue weighted by molar-refractivity contribution is -0.123. The summed E-state index contributed by atoms with van der Waals surface area (Å²) in [5, 5.41) is 3.11. The Morgan fingerprint density at radius 1 is 1.07 bits per heavy atom. The largest absolute Gasteiger partial charge is 0.492 e. The molecular formula is C19H18BrCl2N3O4S. The Bertz CT molecular complexity index is 946. The highest BCUT2D eigenvalue weighted by atomic mass is 79.9. The van der Waals surface area contributed by atoms with Crippen LogP contribution in [0.2, 0.25) is 10.0 Å². The lowest BCUT2D eigenvalue weighted by Crippen LogP contribution is -2.49. The third-order valence-corrected chi connectivity index (χ3v) is 4.81. The highest BCUT2D eigenvalue weighted by molar-refractivity contribution is 9.10. The molecule has 2 aromatic carbocycles. The number of ether oxygens (including phenoxy) is 2. The van der Waals surface area contributed by atoms with E-state index in [2.05, 4.69) is 32.1 Å². The van der Waals surface area contributed by atoms with E-state index >= 15 is 0 Å². The molecule has 2 aromatic rings. The average Bonchev–Trinajstić information content (AvgIpc) is 2.70. The maximum absolute atomic E-state index is 12.3. The Labute approximate surface area is 197 Å². The number of carbonyl (C=O) groups excluding carboxylic acids is 2. The molecular weight excluding hydrogens is 517 g/mol. The molecule has 0 aliphatic heterocycles. The maximum Gasteiger partial charge on any atom is 0.276 e. The fourth-order valence-electron chi connectivity index (χ4n) is 2.08. The zero-order valence-electron chi connectivity index (χ0n) is 15.8. The van der Waals surface area contributed by atoms with E-state index in [1.54, 1.807) is 30.3 Å². The number of halogens is 3. The summed E-state index contributed by atoms with van der Waals surface area (Å²) in [6, 6.07) is 9.55. The van der Waals surface area contributed by atoms with E-state index in [0.29, 0.717) is 33.2 Å². The molecule has 7 nitrogen and oxygen atoms in total. The number of hydrogen-bond acceptors (Lipinski definition) is 5. The number of amides is 2. The van der Waals surface area contributed by atoms with Crippen molar-refractivity contribution >= 4 is 68.3 Å². The van der Waals surface area contributed by atoms with Gasteiger partial charge in [-0.3, -0.25) is 25.8 Å². The van der Waals surface area contributed by atoms with Gasteiger partial charge in [-0.2, -0.15) is 0 Å². The fourth-order valence-corrected chi connectivity index (χ4v) is 3.18. The highest BCUT2D eigenvalue weighted by Crippen LogP contribution is 2.27. The molecule has 0 saturated heterocycles. The van der Waals surface area contributed by atoms with Gasteiger partial charge >= 0.3 is 0 Å². The van der Waals surface area contributed by atoms with Crippen molar-refractivity contribution in [2.24, 2.45) is 0 Å². The molecule has 0 saturated carbocycles. The molecule has 3 N–H and O–H groups in total. The SMILES string of the molecule is CCCOc1ccc(C(=O)NC(=S)NNC(=O)COc2ccc(Cl)cc2Cl)cc1Br. The number of carbonyl (C=O) groups is 2. The van der Waals surface area contributed by atoms with E-state index in [9.17, 15) is 9.59 Å². The van der Waals surface area contributed by atoms with Gasteiger partial charge in [0.25, 0.3) is 11.8 Å². The van der Waals surface area contributed by atoms with E-state index in [1.165, 1.54) is 6.07 Å². The van der Waals surface area contributed by atoms with Crippen molar-refractivity contribution in [2.45, 2.75) is 13.3 Å². The van der Waals surface area contributed by atoms with Crippen LogP contribution in [0.25, 0.3) is 0 Å². The molecule has 0 aromatic heterocycles. The molecule has 11 heteroatoms. The third-order valence-electron chi connectivity index (χ3n) is 3.45. The Morgan fingerprint density at radius 2 is 1.80 bits per heavy atom. The summed E-state index contributed by atoms with van der Waals surface area (Å²) in [6.45, 7) is 2.25. The number of hydrazine groups is 1. The molecule has 0 heterocycles. The molecule has 0 bridgehead atoms. The summed E-state index contributed by atoms with van der Waals surface area (Å²) in [7, 11) is 0. The number of hydrogen-bond donors (Lipinski definition) is 3. The maximum atomic E-state index is 12.3. The van der Waals surface area contributed by atoms with Crippen LogP contribution in [0.15, 0.2) is 40.9 Å². The van der Waals surface area contributed by atoms with Gasteiger partial charge in [-0.05, 0) is 71.0 Å². The molecule has 0 unspecified atom stereocenters. The number of thiocarbonyl (C=S) groups is 1. The third kappa shape index (κ3) is 7.64. The minimum atomic E-state index is -0.530. The van der Waals surface area contributed by atoms with Crippen molar-refractivity contribution in [3.05, 3.63) is 56.5 Å². The van der Waals surface area contributed by atoms with E-state index in [0.717, 1.165) is 6.42 Å². The molecule has 0 radical (unpaired) electrons. The zero-order valence-corrected chi connectivity index (χ0v) is 19.7. The first-order valence-corrected chi connectivity index (χ1v) is 10.7. The van der Waals surface area contributed by atoms with E-state index in [4.69, 9.17) is 44.9 Å². The monoisotopic (exact) mass is 533 g/mol. The minimum absolute atomic E-state index is 0.0830. The Balaban J connectivity index is 1.78. The summed E-state index contributed by atoms with van der Waals surface area (Å²) in [5.41, 5.74) is 5.11. The van der Waals surface area contributed by atoms with Crippen molar-refractivity contribution in [1.29, 1.82) is 0 Å². The predicted octanol–water partition coefficient (Wildman–Crippen LogP) is 4.26. The van der Waals surface area contributed by atoms with Crippen LogP contribution >= 0.6 is 51.3 Å². The van der Waals surface area contributed by atoms with Gasteiger partial charge in [0.15, 0.2) is 11.7 Å². The van der Waals surface area contributed by atoms with Crippen molar-refractivity contribution in [1.82, 2.24) is 16.2 Å². The first kappa shape index (κ1) is 24.2. The smallest absolute Gasteiger partial charge is 0.276 e. The summed E-state index contributed by atoms with van der Waals surface area (Å²) >= 11 is 20.1. The van der Waals surface area contributed by atoms with Gasteiger partial charge < -0.3 is 9.47 Å². The minimum Gasteiger partial charge on any atom is -0.492 e. The Kier molecular flexibility index (Phi) is 9.64. The molecule has 2 amide bonds. The number of rotatable bonds is 7. The fraction of sp³-hybridized carbons (Fsp3) is 0.211. The van der Waals surface area contributed by atoms with E-state index in [-0.39, 0.29) is 16.7 Å². The lowest BCUT2D eigenvalue weighted by Gasteiger charge is -2.12. The second kappa shape index (κ2) is 11.9. The molecule has 160 valence electrons. The Hall–Kier alpha value is -2.07. The van der Waals surface area contributed by atoms with Gasteiger partial charge in [0.05, 0.1) is 16.1 Å². The normalized spacial score (nSPS) is 10.1. The molecule has 0 fully saturated rings. The Morgan fingerprint density at radius 3 is 2.47 bits per heavy atom. The van der Waals surface area contributed by atoms with Crippen LogP contribution in [-0.4, -0.2) is 30.1 Å². The van der Waals surface area contributed by atoms with Crippen LogP contribution in [0, 0.1) is 0 Å². The number of benzene rings is 2. The van der Waals surface area contributed by atoms with Crippen LogP contribution in [0.3, 0.4) is 0 Å². The average molecular weight is 535 g/mol. The van der Waals surface area contributed by atoms with E-state index in [1.807, 2.05) is 6.92 Å². The zero-order chi connectivity index (χ0) is 22.1. The van der Waals surface area contributed by atoms with Gasteiger partial charge in [0, 0.05) is 10.6 Å². The molecule has 0 atom stereocenters. The number of nitrogens with one attached hydrogen (secondary N) is 3. The van der Waals surface area contributed by atoms with Crippen molar-refractivity contribution in [2.75, 3.05) is 13.2 Å². The van der Waals surface area contributed by atoms with Gasteiger partial charge in [-0.15, -0.1) is 0 Å². The summed E-state index contributed by atoms with van der Waals surface area (Å²) in [4.78, 5) is 24.2. The molecule has 0 spiro atoms. The standard InChI is InChI=1S/C19H18BrCl2N3O4S/c1-2-7-28-15-5-3-11(8-13(15)20)18(27)23-19(30)25-24-17(26)10-29-16-6-4-12(21)9-14(16)22/h3-6,8-9H,2,7,10H2,1H3,(H,24,26)(H2,23,25,27,30). The van der Waals surface area contributed by atoms with Crippen LogP contribution < -0.4 is 25.6 Å². The molecule has 30 heavy (non-hydrogen) atoms. The second-order valence-corrected chi connectivity index (χ2v) is 7.92. The van der Waals surface area contributed by atoms with Crippen molar-refractivity contribution in [3.8, 4) is 11.5 Å². The van der Waals surface area contributed by atoms with Gasteiger partial charge in [0.1, 0.15) is 11.5 Å². The molecule has 0 aliphatic carbocycles.